The van der Waals surface area contributed by atoms with E-state index in [-0.39, 0.29) is 5.88 Å². The summed E-state index contributed by atoms with van der Waals surface area (Å²) in [5.41, 5.74) is 0. The van der Waals surface area contributed by atoms with Crippen LogP contribution in [0.2, 0.25) is 0 Å². The lowest BCUT2D eigenvalue weighted by Crippen LogP contribution is -2.19. The van der Waals surface area contributed by atoms with Crippen LogP contribution in [0.25, 0.3) is 0 Å². The van der Waals surface area contributed by atoms with Gasteiger partial charge < -0.3 is 0 Å². The molecule has 0 bridgehead atoms. The van der Waals surface area contributed by atoms with Gasteiger partial charge >= 0.3 is 0 Å². The molecule has 3 heteroatoms. The lowest BCUT2D eigenvalue weighted by atomic mass is 10.2. The highest BCUT2D eigenvalue weighted by Crippen LogP contribution is 2.07. The fourth-order valence-electron chi connectivity index (χ4n) is 0.355. The number of hydrogen-bond acceptors (Lipinski definition) is 0. The molecular formula is C5H9Cl2O. The lowest BCUT2D eigenvalue weighted by molar-refractivity contribution is 0.0861. The SMILES string of the molecule is CCC([O])C(Cl)CCl. The molecule has 8 heavy (non-hydrogen) atoms. The molecule has 0 aromatic rings. The maximum Gasteiger partial charge on any atom is 0.110 e. The molecule has 0 fully saturated rings. The van der Waals surface area contributed by atoms with Gasteiger partial charge in [0.25, 0.3) is 0 Å². The summed E-state index contributed by atoms with van der Waals surface area (Å²) >= 11 is 10.8. The van der Waals surface area contributed by atoms with E-state index in [2.05, 4.69) is 0 Å². The molecule has 1 radical (unpaired) electrons. The number of hydrogen-bond donors (Lipinski definition) is 0. The number of alkyl halides is 2. The molecule has 0 aromatic heterocycles. The summed E-state index contributed by atoms with van der Waals surface area (Å²) in [6.07, 6.45) is -0.143. The summed E-state index contributed by atoms with van der Waals surface area (Å²) in [6.45, 7) is 1.81. The van der Waals surface area contributed by atoms with Gasteiger partial charge in [-0.2, -0.15) is 0 Å². The molecular weight excluding hydrogens is 147 g/mol. The third kappa shape index (κ3) is 2.75. The molecule has 0 saturated heterocycles. The molecule has 2 atom stereocenters. The predicted molar refractivity (Wildman–Crippen MR) is 35.1 cm³/mol. The Kier molecular flexibility index (Phi) is 4.72. The van der Waals surface area contributed by atoms with Gasteiger partial charge in [0.05, 0.1) is 5.38 Å². The molecule has 0 aromatic carbocycles. The standard InChI is InChI=1S/C5H9Cl2O/c1-2-5(8)4(7)3-6/h4-5H,2-3H2,1H3. The summed E-state index contributed by atoms with van der Waals surface area (Å²) < 4.78 is 0. The van der Waals surface area contributed by atoms with Crippen molar-refractivity contribution in [3.05, 3.63) is 0 Å². The van der Waals surface area contributed by atoms with Crippen molar-refractivity contribution in [1.82, 2.24) is 0 Å². The second-order valence-electron chi connectivity index (χ2n) is 1.62. The van der Waals surface area contributed by atoms with Gasteiger partial charge in [0.2, 0.25) is 0 Å². The Balaban J connectivity index is 3.29. The molecule has 0 saturated carbocycles. The Morgan fingerprint density at radius 1 is 1.62 bits per heavy atom. The first-order valence-corrected chi connectivity index (χ1v) is 3.55. The van der Waals surface area contributed by atoms with Gasteiger partial charge in [0, 0.05) is 5.88 Å². The third-order valence-corrected chi connectivity index (χ3v) is 1.88. The van der Waals surface area contributed by atoms with Crippen LogP contribution < -0.4 is 0 Å². The summed E-state index contributed by atoms with van der Waals surface area (Å²) in [5, 5.41) is 10.2. The van der Waals surface area contributed by atoms with Gasteiger partial charge in [-0.15, -0.1) is 23.2 Å². The van der Waals surface area contributed by atoms with E-state index in [1.54, 1.807) is 6.92 Å². The Morgan fingerprint density at radius 2 is 2.12 bits per heavy atom. The van der Waals surface area contributed by atoms with Gasteiger partial charge in [0.1, 0.15) is 6.10 Å². The summed E-state index contributed by atoms with van der Waals surface area (Å²) in [4.78, 5) is 0. The van der Waals surface area contributed by atoms with Crippen molar-refractivity contribution in [1.29, 1.82) is 0 Å². The average molecular weight is 156 g/mol. The van der Waals surface area contributed by atoms with E-state index in [0.29, 0.717) is 6.42 Å². The third-order valence-electron chi connectivity index (χ3n) is 0.953. The van der Waals surface area contributed by atoms with E-state index in [9.17, 15) is 5.11 Å². The highest BCUT2D eigenvalue weighted by Gasteiger charge is 2.13. The second kappa shape index (κ2) is 4.42. The maximum atomic E-state index is 10.6. The molecule has 0 aliphatic rings. The van der Waals surface area contributed by atoms with Gasteiger partial charge in [-0.1, -0.05) is 6.92 Å². The monoisotopic (exact) mass is 155 g/mol. The van der Waals surface area contributed by atoms with Gasteiger partial charge in [-0.05, 0) is 6.42 Å². The van der Waals surface area contributed by atoms with Crippen LogP contribution >= 0.6 is 23.2 Å². The Labute approximate surface area is 59.6 Å². The molecule has 0 aliphatic heterocycles. The van der Waals surface area contributed by atoms with Crippen molar-refractivity contribution in [3.8, 4) is 0 Å². The van der Waals surface area contributed by atoms with Crippen LogP contribution in [0.15, 0.2) is 0 Å². The van der Waals surface area contributed by atoms with E-state index < -0.39 is 11.5 Å². The molecule has 0 spiro atoms. The molecule has 2 unspecified atom stereocenters. The predicted octanol–water partition coefficient (Wildman–Crippen LogP) is 2.04. The highest BCUT2D eigenvalue weighted by molar-refractivity contribution is 6.28. The largest absolute Gasteiger partial charge is 0.231 e. The van der Waals surface area contributed by atoms with Crippen molar-refractivity contribution in [2.24, 2.45) is 0 Å². The van der Waals surface area contributed by atoms with Crippen molar-refractivity contribution >= 4 is 23.2 Å². The van der Waals surface area contributed by atoms with Crippen LogP contribution in [0.4, 0.5) is 0 Å². The zero-order chi connectivity index (χ0) is 6.57. The fraction of sp³-hybridized carbons (Fsp3) is 1.00. The first-order chi connectivity index (χ1) is 3.72. The topological polar surface area (TPSA) is 19.9 Å². The van der Waals surface area contributed by atoms with E-state index in [0.717, 1.165) is 0 Å². The number of halogens is 2. The van der Waals surface area contributed by atoms with E-state index in [4.69, 9.17) is 23.2 Å². The normalized spacial score (nSPS) is 18.0. The molecule has 0 rings (SSSR count). The van der Waals surface area contributed by atoms with Crippen molar-refractivity contribution in [2.45, 2.75) is 24.8 Å². The van der Waals surface area contributed by atoms with E-state index >= 15 is 0 Å². The van der Waals surface area contributed by atoms with Crippen molar-refractivity contribution < 1.29 is 5.11 Å². The molecule has 0 heterocycles. The molecule has 49 valence electrons. The molecule has 0 amide bonds. The fourth-order valence-corrected chi connectivity index (χ4v) is 0.732. The van der Waals surface area contributed by atoms with Crippen LogP contribution in [0.1, 0.15) is 13.3 Å². The summed E-state index contributed by atoms with van der Waals surface area (Å²) in [7, 11) is 0. The number of rotatable bonds is 3. The van der Waals surface area contributed by atoms with Crippen molar-refractivity contribution in [3.63, 3.8) is 0 Å². The Bertz CT molecular complexity index is 50.4. The minimum absolute atomic E-state index is 0.254. The second-order valence-corrected chi connectivity index (χ2v) is 2.49. The smallest absolute Gasteiger partial charge is 0.110 e. The van der Waals surface area contributed by atoms with Crippen LogP contribution in [-0.2, 0) is 5.11 Å². The van der Waals surface area contributed by atoms with Gasteiger partial charge in [0.15, 0.2) is 0 Å². The first kappa shape index (κ1) is 8.54. The van der Waals surface area contributed by atoms with E-state index in [1.165, 1.54) is 0 Å². The lowest BCUT2D eigenvalue weighted by Gasteiger charge is -2.07. The van der Waals surface area contributed by atoms with E-state index in [1.807, 2.05) is 0 Å². The maximum absolute atomic E-state index is 10.6. The van der Waals surface area contributed by atoms with Crippen LogP contribution in [0.3, 0.4) is 0 Å². The minimum Gasteiger partial charge on any atom is -0.231 e. The summed E-state index contributed by atoms with van der Waals surface area (Å²) in [5.74, 6) is 0.254. The van der Waals surface area contributed by atoms with Crippen LogP contribution in [-0.4, -0.2) is 17.4 Å². The zero-order valence-corrected chi connectivity index (χ0v) is 6.24. The average Bonchev–Trinajstić information content (AvgIpc) is 1.84. The molecule has 0 N–H and O–H groups in total. The van der Waals surface area contributed by atoms with Gasteiger partial charge in [-0.3, -0.25) is 0 Å². The Hall–Kier alpha value is 0.540. The first-order valence-electron chi connectivity index (χ1n) is 2.58. The summed E-state index contributed by atoms with van der Waals surface area (Å²) in [6, 6.07) is 0. The molecule has 1 nitrogen and oxygen atoms in total. The van der Waals surface area contributed by atoms with Crippen molar-refractivity contribution in [2.75, 3.05) is 5.88 Å². The quantitative estimate of drug-likeness (QED) is 0.557. The van der Waals surface area contributed by atoms with Crippen LogP contribution in [0.5, 0.6) is 0 Å². The van der Waals surface area contributed by atoms with Crippen LogP contribution in [0, 0.1) is 0 Å². The highest BCUT2D eigenvalue weighted by atomic mass is 35.5. The Morgan fingerprint density at radius 3 is 2.25 bits per heavy atom. The molecule has 0 aliphatic carbocycles. The zero-order valence-electron chi connectivity index (χ0n) is 4.73. The minimum atomic E-state index is -0.700. The van der Waals surface area contributed by atoms with Gasteiger partial charge in [-0.25, -0.2) is 5.11 Å².